The number of hydrogen-bond donors (Lipinski definition) is 3. The predicted molar refractivity (Wildman–Crippen MR) is 81.5 cm³/mol. The van der Waals surface area contributed by atoms with Gasteiger partial charge in [0.2, 0.25) is 5.96 Å². The van der Waals surface area contributed by atoms with Crippen LogP contribution in [-0.2, 0) is 6.54 Å². The van der Waals surface area contributed by atoms with E-state index in [0.717, 1.165) is 17.0 Å². The van der Waals surface area contributed by atoms with Crippen LogP contribution >= 0.6 is 0 Å². The van der Waals surface area contributed by atoms with Gasteiger partial charge < -0.3 is 10.1 Å². The Morgan fingerprint density at radius 3 is 2.50 bits per heavy atom. The highest BCUT2D eigenvalue weighted by Gasteiger charge is 2.02. The molecule has 0 bridgehead atoms. The molecule has 0 aliphatic carbocycles. The van der Waals surface area contributed by atoms with Crippen molar-refractivity contribution in [1.82, 2.24) is 5.43 Å². The lowest BCUT2D eigenvalue weighted by molar-refractivity contribution is 0.410. The minimum Gasteiger partial charge on any atom is -0.496 e. The van der Waals surface area contributed by atoms with Crippen molar-refractivity contribution in [2.24, 2.45) is 10.8 Å². The zero-order valence-electron chi connectivity index (χ0n) is 11.3. The summed E-state index contributed by atoms with van der Waals surface area (Å²) in [6, 6.07) is 17.5. The van der Waals surface area contributed by atoms with Crippen LogP contribution in [0, 0.1) is 0 Å². The molecule has 5 heteroatoms. The molecule has 104 valence electrons. The molecule has 0 aromatic heterocycles. The van der Waals surface area contributed by atoms with Crippen LogP contribution in [-0.4, -0.2) is 13.1 Å². The largest absolute Gasteiger partial charge is 0.496 e. The van der Waals surface area contributed by atoms with Crippen LogP contribution in [0.15, 0.2) is 59.6 Å². The smallest absolute Gasteiger partial charge is 0.210 e. The third-order valence-corrected chi connectivity index (χ3v) is 2.77. The van der Waals surface area contributed by atoms with Crippen LogP contribution in [0.1, 0.15) is 5.56 Å². The SMILES string of the molecule is COc1ccccc1CN=C(NN)Nc1ccccc1. The molecule has 5 nitrogen and oxygen atoms in total. The summed E-state index contributed by atoms with van der Waals surface area (Å²) in [5.74, 6) is 6.80. The van der Waals surface area contributed by atoms with Gasteiger partial charge in [-0.1, -0.05) is 36.4 Å². The summed E-state index contributed by atoms with van der Waals surface area (Å²) in [6.45, 7) is 0.476. The fraction of sp³-hybridized carbons (Fsp3) is 0.133. The van der Waals surface area contributed by atoms with Gasteiger partial charge in [0.05, 0.1) is 13.7 Å². The number of nitrogens with one attached hydrogen (secondary N) is 2. The quantitative estimate of drug-likeness (QED) is 0.344. The Hall–Kier alpha value is -2.53. The van der Waals surface area contributed by atoms with E-state index >= 15 is 0 Å². The van der Waals surface area contributed by atoms with E-state index in [-0.39, 0.29) is 0 Å². The van der Waals surface area contributed by atoms with Gasteiger partial charge in [-0.3, -0.25) is 5.43 Å². The molecule has 2 aromatic rings. The number of rotatable bonds is 4. The Morgan fingerprint density at radius 2 is 1.80 bits per heavy atom. The molecule has 4 N–H and O–H groups in total. The third kappa shape index (κ3) is 3.73. The Labute approximate surface area is 118 Å². The molecule has 0 aliphatic rings. The number of para-hydroxylation sites is 2. The first-order valence-corrected chi connectivity index (χ1v) is 6.28. The van der Waals surface area contributed by atoms with E-state index < -0.39 is 0 Å². The summed E-state index contributed by atoms with van der Waals surface area (Å²) >= 11 is 0. The number of methoxy groups -OCH3 is 1. The maximum atomic E-state index is 5.48. The number of benzene rings is 2. The highest BCUT2D eigenvalue weighted by Crippen LogP contribution is 2.18. The predicted octanol–water partition coefficient (Wildman–Crippen LogP) is 2.13. The molecule has 0 amide bonds. The normalized spacial score (nSPS) is 11.0. The summed E-state index contributed by atoms with van der Waals surface area (Å²) in [6.07, 6.45) is 0. The summed E-state index contributed by atoms with van der Waals surface area (Å²) in [5.41, 5.74) is 4.47. The second-order valence-corrected chi connectivity index (χ2v) is 4.11. The van der Waals surface area contributed by atoms with Crippen molar-refractivity contribution < 1.29 is 4.74 Å². The molecule has 2 aromatic carbocycles. The zero-order chi connectivity index (χ0) is 14.2. The molecule has 20 heavy (non-hydrogen) atoms. The lowest BCUT2D eigenvalue weighted by atomic mass is 10.2. The average Bonchev–Trinajstić information content (AvgIpc) is 2.52. The summed E-state index contributed by atoms with van der Waals surface area (Å²) < 4.78 is 5.29. The molecular weight excluding hydrogens is 252 g/mol. The highest BCUT2D eigenvalue weighted by molar-refractivity contribution is 5.93. The van der Waals surface area contributed by atoms with Crippen molar-refractivity contribution in [3.63, 3.8) is 0 Å². The van der Waals surface area contributed by atoms with E-state index in [1.54, 1.807) is 7.11 Å². The first kappa shape index (κ1) is 13.9. The van der Waals surface area contributed by atoms with Gasteiger partial charge in [-0.15, -0.1) is 0 Å². The molecule has 0 saturated carbocycles. The van der Waals surface area contributed by atoms with Gasteiger partial charge in [0.1, 0.15) is 5.75 Å². The van der Waals surface area contributed by atoms with E-state index in [2.05, 4.69) is 15.7 Å². The van der Waals surface area contributed by atoms with Crippen molar-refractivity contribution in [2.75, 3.05) is 12.4 Å². The summed E-state index contributed by atoms with van der Waals surface area (Å²) in [5, 5.41) is 3.11. The molecule has 0 heterocycles. The highest BCUT2D eigenvalue weighted by atomic mass is 16.5. The summed E-state index contributed by atoms with van der Waals surface area (Å²) in [7, 11) is 1.65. The zero-order valence-corrected chi connectivity index (χ0v) is 11.3. The minimum absolute atomic E-state index is 0.476. The van der Waals surface area contributed by atoms with Crippen molar-refractivity contribution in [3.8, 4) is 5.75 Å². The van der Waals surface area contributed by atoms with Crippen LogP contribution < -0.4 is 21.3 Å². The van der Waals surface area contributed by atoms with Crippen molar-refractivity contribution in [3.05, 3.63) is 60.2 Å². The summed E-state index contributed by atoms with van der Waals surface area (Å²) in [4.78, 5) is 4.41. The van der Waals surface area contributed by atoms with Gasteiger partial charge >= 0.3 is 0 Å². The number of nitrogens with two attached hydrogens (primary N) is 1. The van der Waals surface area contributed by atoms with Crippen molar-refractivity contribution in [2.45, 2.75) is 6.54 Å². The lowest BCUT2D eigenvalue weighted by Crippen LogP contribution is -2.36. The molecular formula is C15H18N4O. The monoisotopic (exact) mass is 270 g/mol. The van der Waals surface area contributed by atoms with Crippen LogP contribution in [0.2, 0.25) is 0 Å². The molecule has 2 rings (SSSR count). The topological polar surface area (TPSA) is 71.7 Å². The van der Waals surface area contributed by atoms with Crippen LogP contribution in [0.3, 0.4) is 0 Å². The van der Waals surface area contributed by atoms with E-state index in [4.69, 9.17) is 10.6 Å². The van der Waals surface area contributed by atoms with Crippen LogP contribution in [0.5, 0.6) is 5.75 Å². The Balaban J connectivity index is 2.08. The maximum Gasteiger partial charge on any atom is 0.210 e. The second-order valence-electron chi connectivity index (χ2n) is 4.11. The van der Waals surface area contributed by atoms with Gasteiger partial charge in [0.25, 0.3) is 0 Å². The number of ether oxygens (including phenoxy) is 1. The standard InChI is InChI=1S/C15H18N4O/c1-20-14-10-6-5-7-12(14)11-17-15(19-16)18-13-8-3-2-4-9-13/h2-10H,11,16H2,1H3,(H2,17,18,19). The molecule has 0 unspecified atom stereocenters. The fourth-order valence-corrected chi connectivity index (χ4v) is 1.78. The Kier molecular flexibility index (Phi) is 4.97. The number of hydrogen-bond acceptors (Lipinski definition) is 3. The fourth-order valence-electron chi connectivity index (χ4n) is 1.78. The maximum absolute atomic E-state index is 5.48. The van der Waals surface area contributed by atoms with Gasteiger partial charge in [0.15, 0.2) is 0 Å². The number of guanidine groups is 1. The van der Waals surface area contributed by atoms with E-state index in [1.165, 1.54) is 0 Å². The van der Waals surface area contributed by atoms with Gasteiger partial charge in [-0.2, -0.15) is 0 Å². The molecule has 0 spiro atoms. The van der Waals surface area contributed by atoms with Crippen LogP contribution in [0.4, 0.5) is 5.69 Å². The molecule has 0 atom stereocenters. The van der Waals surface area contributed by atoms with Gasteiger partial charge in [-0.05, 0) is 18.2 Å². The van der Waals surface area contributed by atoms with Gasteiger partial charge in [-0.25, -0.2) is 10.8 Å². The lowest BCUT2D eigenvalue weighted by Gasteiger charge is -2.10. The number of hydrazine groups is 1. The first-order chi connectivity index (χ1) is 9.83. The molecule has 0 radical (unpaired) electrons. The minimum atomic E-state index is 0.476. The number of anilines is 1. The van der Waals surface area contributed by atoms with E-state index in [9.17, 15) is 0 Å². The van der Waals surface area contributed by atoms with Crippen molar-refractivity contribution in [1.29, 1.82) is 0 Å². The van der Waals surface area contributed by atoms with Crippen molar-refractivity contribution >= 4 is 11.6 Å². The number of aliphatic imine (C=N–C) groups is 1. The van der Waals surface area contributed by atoms with Crippen LogP contribution in [0.25, 0.3) is 0 Å². The number of nitrogens with zero attached hydrogens (tertiary/aromatic N) is 1. The Morgan fingerprint density at radius 1 is 1.10 bits per heavy atom. The van der Waals surface area contributed by atoms with E-state index in [1.807, 2.05) is 54.6 Å². The third-order valence-electron chi connectivity index (χ3n) is 2.77. The molecule has 0 aliphatic heterocycles. The average molecular weight is 270 g/mol. The van der Waals surface area contributed by atoms with E-state index in [0.29, 0.717) is 12.5 Å². The Bertz CT molecular complexity index is 569. The van der Waals surface area contributed by atoms with Gasteiger partial charge in [0, 0.05) is 11.3 Å². The molecule has 0 fully saturated rings. The first-order valence-electron chi connectivity index (χ1n) is 6.28. The second kappa shape index (κ2) is 7.16. The molecule has 0 saturated heterocycles.